The van der Waals surface area contributed by atoms with Crippen LogP contribution in [0, 0.1) is 12.3 Å². The highest BCUT2D eigenvalue weighted by atomic mass is 19.4. The number of aryl methyl sites for hydroxylation is 2. The second-order valence-corrected chi connectivity index (χ2v) is 8.77. The molecule has 1 aliphatic rings. The molecule has 0 amide bonds. The van der Waals surface area contributed by atoms with Gasteiger partial charge in [0.2, 0.25) is 0 Å². The summed E-state index contributed by atoms with van der Waals surface area (Å²) in [6.07, 6.45) is -5.22. The molecule has 1 aromatic heterocycles. The summed E-state index contributed by atoms with van der Waals surface area (Å²) in [4.78, 5) is 28.8. The van der Waals surface area contributed by atoms with Gasteiger partial charge in [-0.2, -0.15) is 13.2 Å². The molecule has 2 aromatic carbocycles. The van der Waals surface area contributed by atoms with Gasteiger partial charge in [-0.15, -0.1) is 0 Å². The van der Waals surface area contributed by atoms with Gasteiger partial charge in [-0.1, -0.05) is 29.8 Å². The third kappa shape index (κ3) is 5.11. The van der Waals surface area contributed by atoms with Crippen molar-refractivity contribution in [3.05, 3.63) is 77.5 Å². The van der Waals surface area contributed by atoms with Crippen LogP contribution in [0.2, 0.25) is 0 Å². The lowest BCUT2D eigenvalue weighted by molar-refractivity contribution is -0.160. The molecule has 1 unspecified atom stereocenters. The minimum atomic E-state index is -4.64. The molecule has 176 valence electrons. The number of anilines is 2. The molecule has 8 heteroatoms. The highest BCUT2D eigenvalue weighted by Crippen LogP contribution is 2.46. The number of carbonyl (C=O) groups excluding carboxylic acids is 1. The van der Waals surface area contributed by atoms with Gasteiger partial charge < -0.3 is 10.4 Å². The predicted octanol–water partition coefficient (Wildman–Crippen LogP) is 6.34. The first kappa shape index (κ1) is 23.5. The maximum atomic E-state index is 13.2. The molecule has 0 saturated heterocycles. The number of nitrogens with one attached hydrogen (secondary N) is 1. The van der Waals surface area contributed by atoms with E-state index in [9.17, 15) is 27.9 Å². The van der Waals surface area contributed by atoms with Gasteiger partial charge in [0.25, 0.3) is 0 Å². The lowest BCUT2D eigenvalue weighted by Gasteiger charge is -2.36. The van der Waals surface area contributed by atoms with Crippen LogP contribution in [-0.2, 0) is 11.2 Å². The Kier molecular flexibility index (Phi) is 6.17. The summed E-state index contributed by atoms with van der Waals surface area (Å²) in [5, 5.41) is 12.4. The highest BCUT2D eigenvalue weighted by molar-refractivity contribution is 6.04. The van der Waals surface area contributed by atoms with Crippen LogP contribution in [0.15, 0.2) is 60.8 Å². The minimum Gasteiger partial charge on any atom is -0.481 e. The van der Waals surface area contributed by atoms with E-state index in [0.29, 0.717) is 11.3 Å². The summed E-state index contributed by atoms with van der Waals surface area (Å²) in [5.41, 5.74) is 3.05. The number of halogens is 3. The number of alkyl halides is 3. The molecule has 0 spiro atoms. The van der Waals surface area contributed by atoms with E-state index in [1.807, 2.05) is 43.3 Å². The fourth-order valence-corrected chi connectivity index (χ4v) is 4.47. The summed E-state index contributed by atoms with van der Waals surface area (Å²) in [6, 6.07) is 16.5. The fourth-order valence-electron chi connectivity index (χ4n) is 4.47. The second kappa shape index (κ2) is 8.93. The molecule has 0 saturated carbocycles. The van der Waals surface area contributed by atoms with Crippen molar-refractivity contribution in [2.24, 2.45) is 5.41 Å². The van der Waals surface area contributed by atoms with Crippen molar-refractivity contribution in [3.8, 4) is 11.3 Å². The van der Waals surface area contributed by atoms with Gasteiger partial charge in [-0.05, 0) is 55.7 Å². The molecule has 5 nitrogen and oxygen atoms in total. The van der Waals surface area contributed by atoms with E-state index in [2.05, 4.69) is 10.3 Å². The van der Waals surface area contributed by atoms with Gasteiger partial charge in [-0.25, -0.2) is 0 Å². The highest BCUT2D eigenvalue weighted by Gasteiger charge is 2.50. The number of nitrogens with zero attached hydrogens (tertiary/aromatic N) is 1. The summed E-state index contributed by atoms with van der Waals surface area (Å²) in [6.45, 7) is 2.01. The summed E-state index contributed by atoms with van der Waals surface area (Å²) in [5.74, 6) is -2.17. The lowest BCUT2D eigenvalue weighted by atomic mass is 9.66. The minimum absolute atomic E-state index is 0.151. The Bertz CT molecular complexity index is 1220. The number of benzene rings is 2. The van der Waals surface area contributed by atoms with Gasteiger partial charge >= 0.3 is 12.1 Å². The number of aromatic nitrogens is 1. The zero-order valence-electron chi connectivity index (χ0n) is 18.4. The van der Waals surface area contributed by atoms with E-state index >= 15 is 0 Å². The first-order valence-corrected chi connectivity index (χ1v) is 10.8. The van der Waals surface area contributed by atoms with E-state index in [4.69, 9.17) is 0 Å². The number of ketones is 1. The largest absolute Gasteiger partial charge is 0.481 e. The fraction of sp³-hybridized carbons (Fsp3) is 0.269. The van der Waals surface area contributed by atoms with Crippen LogP contribution in [0.25, 0.3) is 11.3 Å². The number of hydrogen-bond acceptors (Lipinski definition) is 4. The number of fused-ring (bicyclic) bond motifs is 1. The monoisotopic (exact) mass is 468 g/mol. The van der Waals surface area contributed by atoms with Crippen LogP contribution in [0.4, 0.5) is 24.5 Å². The molecule has 1 atom stereocenters. The standard InChI is InChI=1S/C26H23F3N2O3/c1-16-2-5-19(6-3-16)31-20-7-9-22(30-14-20)18-4-8-21-17(12-18)10-11-25(24(21)34,13-23(32)33)15-26(27,28)29/h2-9,12,14,31H,10-11,13,15H2,1H3,(H,32,33). The molecule has 0 radical (unpaired) electrons. The third-order valence-corrected chi connectivity index (χ3v) is 6.13. The molecule has 0 aliphatic heterocycles. The molecule has 34 heavy (non-hydrogen) atoms. The van der Waals surface area contributed by atoms with Crippen LogP contribution < -0.4 is 5.32 Å². The molecule has 0 bridgehead atoms. The van der Waals surface area contributed by atoms with E-state index in [1.54, 1.807) is 18.3 Å². The van der Waals surface area contributed by atoms with Crippen LogP contribution in [-0.4, -0.2) is 28.0 Å². The Hall–Kier alpha value is -3.68. The number of carboxylic acid groups (broad SMARTS) is 1. The van der Waals surface area contributed by atoms with Crippen molar-refractivity contribution in [3.63, 3.8) is 0 Å². The van der Waals surface area contributed by atoms with Gasteiger partial charge in [0.1, 0.15) is 0 Å². The number of Topliss-reactive ketones (excluding diaryl/α,β-unsaturated/α-hetero) is 1. The van der Waals surface area contributed by atoms with E-state index < -0.39 is 36.2 Å². The molecule has 0 fully saturated rings. The van der Waals surface area contributed by atoms with Crippen molar-refractivity contribution in [1.82, 2.24) is 4.98 Å². The van der Waals surface area contributed by atoms with Gasteiger partial charge in [-0.3, -0.25) is 14.6 Å². The van der Waals surface area contributed by atoms with Gasteiger partial charge in [0.15, 0.2) is 5.78 Å². The number of rotatable bonds is 6. The maximum absolute atomic E-state index is 13.2. The first-order valence-electron chi connectivity index (χ1n) is 10.8. The van der Waals surface area contributed by atoms with E-state index in [-0.39, 0.29) is 18.4 Å². The van der Waals surface area contributed by atoms with Gasteiger partial charge in [0.05, 0.1) is 35.8 Å². The number of pyridine rings is 1. The average molecular weight is 468 g/mol. The Morgan fingerprint density at radius 1 is 1.09 bits per heavy atom. The Morgan fingerprint density at radius 2 is 1.79 bits per heavy atom. The average Bonchev–Trinajstić information content (AvgIpc) is 2.77. The molecule has 3 aromatic rings. The van der Waals surface area contributed by atoms with Crippen LogP contribution in [0.3, 0.4) is 0 Å². The number of carbonyl (C=O) groups is 2. The van der Waals surface area contributed by atoms with Crippen molar-refractivity contribution >= 4 is 23.1 Å². The summed E-state index contributed by atoms with van der Waals surface area (Å²) >= 11 is 0. The van der Waals surface area contributed by atoms with Crippen molar-refractivity contribution in [2.75, 3.05) is 5.32 Å². The summed E-state index contributed by atoms with van der Waals surface area (Å²) in [7, 11) is 0. The van der Waals surface area contributed by atoms with Crippen LogP contribution >= 0.6 is 0 Å². The van der Waals surface area contributed by atoms with Crippen molar-refractivity contribution in [1.29, 1.82) is 0 Å². The third-order valence-electron chi connectivity index (χ3n) is 6.13. The molecule has 4 rings (SSSR count). The van der Waals surface area contributed by atoms with Crippen molar-refractivity contribution < 1.29 is 27.9 Å². The Morgan fingerprint density at radius 3 is 2.41 bits per heavy atom. The quantitative estimate of drug-likeness (QED) is 0.441. The smallest absolute Gasteiger partial charge is 0.390 e. The van der Waals surface area contributed by atoms with Gasteiger partial charge in [0, 0.05) is 16.8 Å². The predicted molar refractivity (Wildman–Crippen MR) is 122 cm³/mol. The molecule has 2 N–H and O–H groups in total. The second-order valence-electron chi connectivity index (χ2n) is 8.77. The maximum Gasteiger partial charge on any atom is 0.390 e. The topological polar surface area (TPSA) is 79.3 Å². The Labute approximate surface area is 194 Å². The zero-order valence-corrected chi connectivity index (χ0v) is 18.4. The molecule has 1 aliphatic carbocycles. The number of aliphatic carboxylic acids is 1. The van der Waals surface area contributed by atoms with Crippen LogP contribution in [0.5, 0.6) is 0 Å². The zero-order chi connectivity index (χ0) is 24.5. The number of hydrogen-bond donors (Lipinski definition) is 2. The van der Waals surface area contributed by atoms with Crippen molar-refractivity contribution in [2.45, 2.75) is 38.8 Å². The Balaban J connectivity index is 1.57. The lowest BCUT2D eigenvalue weighted by Crippen LogP contribution is -2.41. The van der Waals surface area contributed by atoms with E-state index in [1.165, 1.54) is 6.07 Å². The SMILES string of the molecule is Cc1ccc(Nc2ccc(-c3ccc4c(c3)CCC(CC(=O)O)(CC(F)(F)F)C4=O)nc2)cc1. The normalized spacial score (nSPS) is 17.8. The van der Waals surface area contributed by atoms with E-state index in [0.717, 1.165) is 22.5 Å². The first-order chi connectivity index (χ1) is 16.0. The van der Waals surface area contributed by atoms with Crippen LogP contribution in [0.1, 0.15) is 40.7 Å². The molecular weight excluding hydrogens is 445 g/mol. The summed E-state index contributed by atoms with van der Waals surface area (Å²) < 4.78 is 39.6. The molecular formula is C26H23F3N2O3. The molecule has 1 heterocycles. The number of carboxylic acids is 1.